The van der Waals surface area contributed by atoms with Gasteiger partial charge in [-0.05, 0) is 6.92 Å². The van der Waals surface area contributed by atoms with Gasteiger partial charge in [0.05, 0.1) is 18.6 Å². The zero-order valence-corrected chi connectivity index (χ0v) is 9.25. The van der Waals surface area contributed by atoms with Gasteiger partial charge in [-0.1, -0.05) is 11.6 Å². The third kappa shape index (κ3) is 2.06. The van der Waals surface area contributed by atoms with Crippen LogP contribution in [0.1, 0.15) is 18.5 Å². The van der Waals surface area contributed by atoms with E-state index in [1.165, 1.54) is 6.33 Å². The van der Waals surface area contributed by atoms with Crippen LogP contribution in [-0.2, 0) is 0 Å². The number of hydrogen-bond acceptors (Lipinski definition) is 4. The lowest BCUT2D eigenvalue weighted by molar-refractivity contribution is 0.871. The van der Waals surface area contributed by atoms with E-state index in [2.05, 4.69) is 25.5 Å². The molecule has 3 N–H and O–H groups in total. The zero-order chi connectivity index (χ0) is 11.5. The minimum Gasteiger partial charge on any atom is -0.362 e. The van der Waals surface area contributed by atoms with Crippen molar-refractivity contribution in [2.24, 2.45) is 0 Å². The van der Waals surface area contributed by atoms with Crippen LogP contribution >= 0.6 is 11.6 Å². The van der Waals surface area contributed by atoms with Crippen molar-refractivity contribution in [2.45, 2.75) is 13.0 Å². The van der Waals surface area contributed by atoms with Crippen molar-refractivity contribution in [2.75, 3.05) is 5.32 Å². The normalized spacial score (nSPS) is 12.4. The maximum absolute atomic E-state index is 11.2. The Hall–Kier alpha value is -1.82. The fourth-order valence-electron chi connectivity index (χ4n) is 1.27. The minimum atomic E-state index is -0.362. The average molecular weight is 240 g/mol. The van der Waals surface area contributed by atoms with Crippen molar-refractivity contribution in [3.8, 4) is 0 Å². The molecule has 0 spiro atoms. The number of hydrogen-bond donors (Lipinski definition) is 3. The Morgan fingerprint density at radius 2 is 2.38 bits per heavy atom. The average Bonchev–Trinajstić information content (AvgIpc) is 2.78. The van der Waals surface area contributed by atoms with Gasteiger partial charge in [0.25, 0.3) is 5.56 Å². The van der Waals surface area contributed by atoms with Crippen LogP contribution in [0.5, 0.6) is 0 Å². The van der Waals surface area contributed by atoms with E-state index in [4.69, 9.17) is 11.6 Å². The second-order valence-corrected chi connectivity index (χ2v) is 3.67. The molecule has 0 aliphatic heterocycles. The molecule has 84 valence electrons. The summed E-state index contributed by atoms with van der Waals surface area (Å²) in [5, 5.41) is 9.63. The maximum atomic E-state index is 11.2. The third-order valence-electron chi connectivity index (χ3n) is 2.17. The monoisotopic (exact) mass is 239 g/mol. The Morgan fingerprint density at radius 3 is 3.06 bits per heavy atom. The van der Waals surface area contributed by atoms with Gasteiger partial charge in [-0.3, -0.25) is 9.89 Å². The molecule has 1 atom stereocenters. The molecule has 16 heavy (non-hydrogen) atoms. The van der Waals surface area contributed by atoms with Gasteiger partial charge in [0.2, 0.25) is 0 Å². The molecule has 1 unspecified atom stereocenters. The van der Waals surface area contributed by atoms with E-state index >= 15 is 0 Å². The summed E-state index contributed by atoms with van der Waals surface area (Å²) in [5.74, 6) is 0.360. The second-order valence-electron chi connectivity index (χ2n) is 3.29. The van der Waals surface area contributed by atoms with Crippen molar-refractivity contribution in [1.29, 1.82) is 0 Å². The quantitative estimate of drug-likeness (QED) is 0.754. The van der Waals surface area contributed by atoms with Crippen molar-refractivity contribution >= 4 is 17.4 Å². The Morgan fingerprint density at radius 1 is 1.56 bits per heavy atom. The summed E-state index contributed by atoms with van der Waals surface area (Å²) in [6, 6.07) is -0.0365. The van der Waals surface area contributed by atoms with Gasteiger partial charge in [0.15, 0.2) is 5.82 Å². The van der Waals surface area contributed by atoms with E-state index in [1.807, 2.05) is 6.92 Å². The molecule has 0 fully saturated rings. The molecule has 2 heterocycles. The van der Waals surface area contributed by atoms with Crippen LogP contribution in [0.25, 0.3) is 0 Å². The summed E-state index contributed by atoms with van der Waals surface area (Å²) >= 11 is 5.81. The van der Waals surface area contributed by atoms with Crippen LogP contribution in [0.15, 0.2) is 23.5 Å². The molecule has 0 bridgehead atoms. The van der Waals surface area contributed by atoms with Crippen molar-refractivity contribution in [3.05, 3.63) is 39.7 Å². The lowest BCUT2D eigenvalue weighted by atomic mass is 10.2. The van der Waals surface area contributed by atoms with Gasteiger partial charge < -0.3 is 10.3 Å². The highest BCUT2D eigenvalue weighted by molar-refractivity contribution is 6.32. The molecule has 0 aromatic carbocycles. The van der Waals surface area contributed by atoms with Crippen molar-refractivity contribution < 1.29 is 0 Å². The summed E-state index contributed by atoms with van der Waals surface area (Å²) in [5.41, 5.74) is 0.594. The summed E-state index contributed by atoms with van der Waals surface area (Å²) in [7, 11) is 0. The molecule has 0 radical (unpaired) electrons. The molecule has 6 nitrogen and oxygen atoms in total. The van der Waals surface area contributed by atoms with E-state index < -0.39 is 0 Å². The van der Waals surface area contributed by atoms with Crippen molar-refractivity contribution in [3.63, 3.8) is 0 Å². The predicted octanol–water partition coefficient (Wildman–Crippen LogP) is 1.32. The highest BCUT2D eigenvalue weighted by Crippen LogP contribution is 2.19. The first kappa shape index (κ1) is 10.7. The number of aromatic amines is 2. The van der Waals surface area contributed by atoms with Crippen LogP contribution in [0, 0.1) is 0 Å². The summed E-state index contributed by atoms with van der Waals surface area (Å²) in [4.78, 5) is 17.6. The first-order valence-corrected chi connectivity index (χ1v) is 5.04. The number of aromatic nitrogens is 4. The van der Waals surface area contributed by atoms with Gasteiger partial charge in [0, 0.05) is 11.8 Å². The first-order valence-electron chi connectivity index (χ1n) is 4.67. The molecule has 0 saturated heterocycles. The van der Waals surface area contributed by atoms with Gasteiger partial charge in [-0.15, -0.1) is 0 Å². The standard InChI is InChI=1S/C9H10ClN5O/c1-5(6-2-13-14-3-6)15-8-7(10)9(16)12-4-11-8/h2-5H,1H3,(H,13,14)(H2,11,12,15,16). The lowest BCUT2D eigenvalue weighted by Crippen LogP contribution is -2.14. The van der Waals surface area contributed by atoms with Crippen LogP contribution in [0.2, 0.25) is 5.02 Å². The SMILES string of the molecule is CC(Nc1nc[nH]c(=O)c1Cl)c1cn[nH]c1. The van der Waals surface area contributed by atoms with E-state index in [1.54, 1.807) is 12.4 Å². The second kappa shape index (κ2) is 4.36. The fraction of sp³-hybridized carbons (Fsp3) is 0.222. The third-order valence-corrected chi connectivity index (χ3v) is 2.52. The molecular formula is C9H10ClN5O. The summed E-state index contributed by atoms with van der Waals surface area (Å²) in [6.45, 7) is 1.92. The molecule has 0 amide bonds. The topological polar surface area (TPSA) is 86.5 Å². The molecule has 2 aromatic heterocycles. The van der Waals surface area contributed by atoms with Gasteiger partial charge in [-0.25, -0.2) is 4.98 Å². The van der Waals surface area contributed by atoms with E-state index in [0.717, 1.165) is 5.56 Å². The van der Waals surface area contributed by atoms with Crippen LogP contribution in [-0.4, -0.2) is 20.2 Å². The van der Waals surface area contributed by atoms with E-state index in [9.17, 15) is 4.79 Å². The van der Waals surface area contributed by atoms with E-state index in [-0.39, 0.29) is 16.6 Å². The fourth-order valence-corrected chi connectivity index (χ4v) is 1.43. The number of halogens is 1. The maximum Gasteiger partial charge on any atom is 0.271 e. The first-order chi connectivity index (χ1) is 7.68. The van der Waals surface area contributed by atoms with E-state index in [0.29, 0.717) is 5.82 Å². The smallest absolute Gasteiger partial charge is 0.271 e. The summed E-state index contributed by atoms with van der Waals surface area (Å²) < 4.78 is 0. The van der Waals surface area contributed by atoms with Crippen LogP contribution in [0.4, 0.5) is 5.82 Å². The van der Waals surface area contributed by atoms with Crippen LogP contribution < -0.4 is 10.9 Å². The van der Waals surface area contributed by atoms with Crippen LogP contribution in [0.3, 0.4) is 0 Å². The minimum absolute atomic E-state index is 0.0365. The molecule has 0 aliphatic rings. The largest absolute Gasteiger partial charge is 0.362 e. The van der Waals surface area contributed by atoms with Crippen molar-refractivity contribution in [1.82, 2.24) is 20.2 Å². The van der Waals surface area contributed by atoms with Gasteiger partial charge >= 0.3 is 0 Å². The predicted molar refractivity (Wildman–Crippen MR) is 60.5 cm³/mol. The molecular weight excluding hydrogens is 230 g/mol. The molecule has 2 rings (SSSR count). The molecule has 0 aliphatic carbocycles. The van der Waals surface area contributed by atoms with Gasteiger partial charge in [0.1, 0.15) is 5.02 Å². The Kier molecular flexibility index (Phi) is 2.91. The Labute approximate surface area is 96.1 Å². The highest BCUT2D eigenvalue weighted by atomic mass is 35.5. The molecule has 2 aromatic rings. The lowest BCUT2D eigenvalue weighted by Gasteiger charge is -2.12. The number of nitrogens with one attached hydrogen (secondary N) is 3. The Bertz CT molecular complexity index is 521. The number of nitrogens with zero attached hydrogens (tertiary/aromatic N) is 2. The summed E-state index contributed by atoms with van der Waals surface area (Å²) in [6.07, 6.45) is 4.76. The number of anilines is 1. The van der Waals surface area contributed by atoms with Gasteiger partial charge in [-0.2, -0.15) is 5.10 Å². The number of H-pyrrole nitrogens is 2. The Balaban J connectivity index is 2.21. The highest BCUT2D eigenvalue weighted by Gasteiger charge is 2.11. The number of rotatable bonds is 3. The molecule has 7 heteroatoms. The zero-order valence-electron chi connectivity index (χ0n) is 8.49. The molecule has 0 saturated carbocycles.